The van der Waals surface area contributed by atoms with Crippen LogP contribution in [-0.2, 0) is 28.0 Å². The zero-order chi connectivity index (χ0) is 35.7. The lowest BCUT2D eigenvalue weighted by molar-refractivity contribution is -0.137. The van der Waals surface area contributed by atoms with Crippen LogP contribution in [0.3, 0.4) is 0 Å². The van der Waals surface area contributed by atoms with E-state index in [0.29, 0.717) is 45.7 Å². The van der Waals surface area contributed by atoms with E-state index in [1.54, 1.807) is 33.6 Å². The van der Waals surface area contributed by atoms with Crippen molar-refractivity contribution in [1.82, 2.24) is 14.5 Å². The number of thioether (sulfide) groups is 1. The van der Waals surface area contributed by atoms with E-state index in [1.165, 1.54) is 27.4 Å². The zero-order valence-corrected chi connectivity index (χ0v) is 30.5. The van der Waals surface area contributed by atoms with Gasteiger partial charge in [-0.3, -0.25) is 24.4 Å². The molecular weight excluding hydrogens is 697 g/mol. The van der Waals surface area contributed by atoms with Crippen molar-refractivity contribution in [3.05, 3.63) is 73.0 Å². The monoisotopic (exact) mass is 735 g/mol. The van der Waals surface area contributed by atoms with Crippen LogP contribution in [0.5, 0.6) is 11.5 Å². The van der Waals surface area contributed by atoms with Crippen LogP contribution in [0.25, 0.3) is 0 Å². The molecule has 3 heterocycles. The Labute approximate surface area is 296 Å². The van der Waals surface area contributed by atoms with Gasteiger partial charge in [0, 0.05) is 29.5 Å². The van der Waals surface area contributed by atoms with Crippen molar-refractivity contribution in [2.75, 3.05) is 32.4 Å². The molecule has 1 N–H and O–H groups in total. The topological polar surface area (TPSA) is 139 Å². The SMILES string of the molecule is CCC(C)(CC)c1cc(NC(=O)c2c(OC)cccc2OC)on1.COC(=O)CSc1cc(N=c2sc(=O)n3n2CCCC3)c(F)cc1Cl. The maximum atomic E-state index is 14.3. The highest BCUT2D eigenvalue weighted by molar-refractivity contribution is 8.00. The van der Waals surface area contributed by atoms with Crippen LogP contribution in [0, 0.1) is 5.82 Å². The summed E-state index contributed by atoms with van der Waals surface area (Å²) >= 11 is 8.17. The summed E-state index contributed by atoms with van der Waals surface area (Å²) in [7, 11) is 4.31. The maximum absolute atomic E-state index is 14.3. The predicted molar refractivity (Wildman–Crippen MR) is 187 cm³/mol. The summed E-state index contributed by atoms with van der Waals surface area (Å²) in [5.74, 6) is -0.136. The third kappa shape index (κ3) is 8.94. The highest BCUT2D eigenvalue weighted by Gasteiger charge is 2.27. The fourth-order valence-corrected chi connectivity index (χ4v) is 6.90. The Morgan fingerprint density at radius 1 is 1.10 bits per heavy atom. The Morgan fingerprint density at radius 3 is 2.37 bits per heavy atom. The average Bonchev–Trinajstić information content (AvgIpc) is 3.72. The molecule has 264 valence electrons. The van der Waals surface area contributed by atoms with Gasteiger partial charge >= 0.3 is 10.8 Å². The summed E-state index contributed by atoms with van der Waals surface area (Å²) in [6, 6.07) is 9.58. The molecular formula is C33H39ClFN5O7S2. The summed E-state index contributed by atoms with van der Waals surface area (Å²) < 4.78 is 38.1. The van der Waals surface area contributed by atoms with Crippen LogP contribution in [0.15, 0.2) is 55.6 Å². The Kier molecular flexibility index (Phi) is 13.1. The van der Waals surface area contributed by atoms with Crippen molar-refractivity contribution >= 4 is 58.1 Å². The number of carbonyl (C=O) groups excluding carboxylic acids is 2. The van der Waals surface area contributed by atoms with Gasteiger partial charge in [-0.2, -0.15) is 0 Å². The minimum atomic E-state index is -0.580. The number of methoxy groups -OCH3 is 3. The number of hydrogen-bond donors (Lipinski definition) is 1. The standard InChI is InChI=1S/C18H24N2O4.C15H15ClFN3O3S2/c1-6-18(3,7-2)14-11-15(24-20-14)19-17(21)16-12(22-4)9-8-10-13(16)23-5;1-23-13(21)8-24-12-7-11(10(17)6-9(12)16)18-14-19-4-2-3-5-20(19)15(22)25-14/h8-11H,6-7H2,1-5H3,(H,19,21);6-7H,2-5,8H2,1H3. The summed E-state index contributed by atoms with van der Waals surface area (Å²) in [5.41, 5.74) is 1.15. The van der Waals surface area contributed by atoms with Gasteiger partial charge in [-0.15, -0.1) is 11.8 Å². The molecule has 0 bridgehead atoms. The third-order valence-corrected chi connectivity index (χ3v) is 10.6. The van der Waals surface area contributed by atoms with Crippen molar-refractivity contribution in [1.29, 1.82) is 0 Å². The van der Waals surface area contributed by atoms with Gasteiger partial charge in [0.25, 0.3) is 5.91 Å². The van der Waals surface area contributed by atoms with Crippen LogP contribution >= 0.6 is 34.7 Å². The molecule has 0 atom stereocenters. The lowest BCUT2D eigenvalue weighted by Crippen LogP contribution is -2.31. The first-order valence-electron chi connectivity index (χ1n) is 15.5. The quantitative estimate of drug-likeness (QED) is 0.130. The van der Waals surface area contributed by atoms with Crippen molar-refractivity contribution in [3.8, 4) is 11.5 Å². The zero-order valence-electron chi connectivity index (χ0n) is 28.1. The molecule has 0 spiro atoms. The number of nitrogens with one attached hydrogen (secondary N) is 1. The number of anilines is 1. The largest absolute Gasteiger partial charge is 0.496 e. The van der Waals surface area contributed by atoms with Gasteiger partial charge in [0.1, 0.15) is 28.6 Å². The molecule has 0 saturated heterocycles. The molecule has 1 aliphatic heterocycles. The summed E-state index contributed by atoms with van der Waals surface area (Å²) in [6.45, 7) is 7.66. The van der Waals surface area contributed by atoms with E-state index in [2.05, 4.69) is 41.0 Å². The van der Waals surface area contributed by atoms with Crippen LogP contribution in [-0.4, -0.2) is 53.5 Å². The minimum absolute atomic E-state index is 0.0605. The number of halogens is 2. The molecule has 2 aromatic heterocycles. The van der Waals surface area contributed by atoms with Gasteiger partial charge in [-0.25, -0.2) is 14.1 Å². The number of fused-ring (bicyclic) bond motifs is 1. The summed E-state index contributed by atoms with van der Waals surface area (Å²) in [4.78, 5) is 41.1. The molecule has 4 aromatic rings. The number of amides is 1. The molecule has 49 heavy (non-hydrogen) atoms. The van der Waals surface area contributed by atoms with Crippen LogP contribution in [0.1, 0.15) is 62.5 Å². The lowest BCUT2D eigenvalue weighted by Gasteiger charge is -2.22. The van der Waals surface area contributed by atoms with Crippen LogP contribution in [0.4, 0.5) is 16.0 Å². The highest BCUT2D eigenvalue weighted by atomic mass is 35.5. The molecule has 0 radical (unpaired) electrons. The molecule has 0 fully saturated rings. The van der Waals surface area contributed by atoms with Gasteiger partial charge in [0.15, 0.2) is 0 Å². The molecule has 0 unspecified atom stereocenters. The van der Waals surface area contributed by atoms with Crippen molar-refractivity contribution in [2.45, 2.75) is 69.9 Å². The van der Waals surface area contributed by atoms with E-state index in [1.807, 2.05) is 0 Å². The second kappa shape index (κ2) is 17.0. The normalized spacial score (nSPS) is 12.9. The van der Waals surface area contributed by atoms with Gasteiger partial charge < -0.3 is 18.7 Å². The predicted octanol–water partition coefficient (Wildman–Crippen LogP) is 6.82. The number of esters is 1. The number of ether oxygens (including phenoxy) is 3. The number of carbonyl (C=O) groups is 2. The first kappa shape index (κ1) is 37.7. The van der Waals surface area contributed by atoms with E-state index in [4.69, 9.17) is 25.6 Å². The number of aromatic nitrogens is 3. The number of rotatable bonds is 11. The Balaban J connectivity index is 0.000000221. The summed E-state index contributed by atoms with van der Waals surface area (Å²) in [6.07, 6.45) is 3.76. The number of hydrogen-bond acceptors (Lipinski definition) is 11. The van der Waals surface area contributed by atoms with E-state index in [0.717, 1.165) is 60.5 Å². The second-order valence-corrected chi connectivity index (χ2v) is 13.5. The first-order valence-corrected chi connectivity index (χ1v) is 17.7. The van der Waals surface area contributed by atoms with E-state index in [-0.39, 0.29) is 32.7 Å². The molecule has 16 heteroatoms. The highest BCUT2D eigenvalue weighted by Crippen LogP contribution is 2.34. The fraction of sp³-hybridized carbons (Fsp3) is 0.424. The van der Waals surface area contributed by atoms with E-state index < -0.39 is 11.8 Å². The lowest BCUT2D eigenvalue weighted by atomic mass is 9.81. The third-order valence-electron chi connectivity index (χ3n) is 8.26. The minimum Gasteiger partial charge on any atom is -0.496 e. The average molecular weight is 736 g/mol. The van der Waals surface area contributed by atoms with Crippen molar-refractivity contribution in [3.63, 3.8) is 0 Å². The second-order valence-electron chi connectivity index (χ2n) is 11.2. The van der Waals surface area contributed by atoms with Gasteiger partial charge in [-0.1, -0.05) is 43.6 Å². The Morgan fingerprint density at radius 2 is 1.76 bits per heavy atom. The Hall–Kier alpha value is -4.08. The van der Waals surface area contributed by atoms with Gasteiger partial charge in [0.05, 0.1) is 37.8 Å². The van der Waals surface area contributed by atoms with Gasteiger partial charge in [-0.05, 0) is 61.3 Å². The number of benzene rings is 2. The first-order chi connectivity index (χ1) is 23.5. The van der Waals surface area contributed by atoms with Crippen LogP contribution in [0.2, 0.25) is 5.02 Å². The van der Waals surface area contributed by atoms with E-state index >= 15 is 0 Å². The Bertz CT molecular complexity index is 1890. The molecule has 0 aliphatic carbocycles. The van der Waals surface area contributed by atoms with Gasteiger partial charge in [0.2, 0.25) is 10.7 Å². The molecule has 2 aromatic carbocycles. The smallest absolute Gasteiger partial charge is 0.325 e. The molecule has 12 nitrogen and oxygen atoms in total. The molecule has 5 rings (SSSR count). The van der Waals surface area contributed by atoms with Crippen LogP contribution < -0.4 is 24.5 Å². The maximum Gasteiger partial charge on any atom is 0.325 e. The molecule has 1 amide bonds. The van der Waals surface area contributed by atoms with Crippen molar-refractivity contribution in [2.24, 2.45) is 4.99 Å². The number of nitrogens with zero attached hydrogens (tertiary/aromatic N) is 4. The fourth-order valence-electron chi connectivity index (χ4n) is 4.91. The van der Waals surface area contributed by atoms with E-state index in [9.17, 15) is 18.8 Å². The van der Waals surface area contributed by atoms with Crippen molar-refractivity contribution < 1.29 is 32.7 Å². The molecule has 0 saturated carbocycles. The summed E-state index contributed by atoms with van der Waals surface area (Å²) in [5, 5.41) is 7.03. The molecule has 1 aliphatic rings.